The highest BCUT2D eigenvalue weighted by Crippen LogP contribution is 2.24. The molecule has 1 aliphatic heterocycles. The van der Waals surface area contributed by atoms with E-state index in [1.165, 1.54) is 6.07 Å². The summed E-state index contributed by atoms with van der Waals surface area (Å²) < 4.78 is 51.5. The van der Waals surface area contributed by atoms with E-state index in [2.05, 4.69) is 20.8 Å². The quantitative estimate of drug-likeness (QED) is 0.655. The lowest BCUT2D eigenvalue weighted by Gasteiger charge is -2.29. The minimum atomic E-state index is -0.866. The van der Waals surface area contributed by atoms with Crippen LogP contribution in [0.2, 0.25) is 0 Å². The second-order valence-corrected chi connectivity index (χ2v) is 6.38. The maximum Gasteiger partial charge on any atom is 0.320 e. The smallest absolute Gasteiger partial charge is 0.320 e. The molecule has 2 N–H and O–H groups in total. The highest BCUT2D eigenvalue weighted by molar-refractivity contribution is 6.01. The summed E-state index contributed by atoms with van der Waals surface area (Å²) in [6.45, 7) is 2.20. The average Bonchev–Trinajstić information content (AvgIpc) is 3.20. The number of halogens is 3. The number of rotatable bonds is 5. The lowest BCUT2D eigenvalue weighted by Crippen LogP contribution is -2.36. The first-order chi connectivity index (χ1) is 14.5. The lowest BCUT2D eigenvalue weighted by molar-refractivity contribution is 0.0991. The van der Waals surface area contributed by atoms with Crippen LogP contribution in [-0.2, 0) is 4.74 Å². The van der Waals surface area contributed by atoms with E-state index >= 15 is 0 Å². The van der Waals surface area contributed by atoms with Crippen LogP contribution in [0.5, 0.6) is 0 Å². The molecule has 0 aliphatic carbocycles. The minimum absolute atomic E-state index is 0.104. The van der Waals surface area contributed by atoms with Crippen LogP contribution in [0.1, 0.15) is 10.7 Å². The van der Waals surface area contributed by atoms with E-state index in [0.717, 1.165) is 12.1 Å². The summed E-state index contributed by atoms with van der Waals surface area (Å²) in [5.74, 6) is -3.29. The summed E-state index contributed by atoms with van der Waals surface area (Å²) in [5.41, 5.74) is 0.515. The molecule has 1 aliphatic rings. The Morgan fingerprint density at radius 3 is 2.53 bits per heavy atom. The molecule has 3 aromatic rings. The third-order valence-corrected chi connectivity index (χ3v) is 4.35. The monoisotopic (exact) mass is 419 g/mol. The van der Waals surface area contributed by atoms with Crippen molar-refractivity contribution >= 4 is 29.0 Å². The van der Waals surface area contributed by atoms with Crippen LogP contribution >= 0.6 is 0 Å². The van der Waals surface area contributed by atoms with Crippen molar-refractivity contribution in [3.63, 3.8) is 0 Å². The van der Waals surface area contributed by atoms with Crippen LogP contribution in [0.15, 0.2) is 40.8 Å². The van der Waals surface area contributed by atoms with E-state index in [1.54, 1.807) is 12.1 Å². The number of aromatic nitrogens is 2. The van der Waals surface area contributed by atoms with Crippen LogP contribution < -0.4 is 15.5 Å². The summed E-state index contributed by atoms with van der Waals surface area (Å²) >= 11 is 0. The van der Waals surface area contributed by atoms with Crippen molar-refractivity contribution in [1.29, 1.82) is 0 Å². The molecular weight excluding hydrogens is 403 g/mol. The zero-order chi connectivity index (χ0) is 21.1. The standard InChI is InChI=1S/C19H16F3N5O3/c20-11-1-3-15(13(21)9-11)24-19-26-25-18(30-19)17(28)23-12-2-4-16(14(22)10-12)27-5-7-29-8-6-27/h1-4,9-10H,5-8H2,(H,23,28)(H,24,26). The third-order valence-electron chi connectivity index (χ3n) is 4.35. The molecule has 2 aromatic carbocycles. The van der Waals surface area contributed by atoms with Crippen molar-refractivity contribution in [3.8, 4) is 0 Å². The van der Waals surface area contributed by atoms with E-state index in [9.17, 15) is 18.0 Å². The summed E-state index contributed by atoms with van der Waals surface area (Å²) in [4.78, 5) is 14.1. The molecule has 0 atom stereocenters. The zero-order valence-corrected chi connectivity index (χ0v) is 15.5. The number of benzene rings is 2. The summed E-state index contributed by atoms with van der Waals surface area (Å²) in [7, 11) is 0. The van der Waals surface area contributed by atoms with Crippen molar-refractivity contribution in [1.82, 2.24) is 10.2 Å². The Kier molecular flexibility index (Phi) is 5.53. The van der Waals surface area contributed by atoms with E-state index < -0.39 is 29.2 Å². The van der Waals surface area contributed by atoms with Gasteiger partial charge in [-0.25, -0.2) is 13.2 Å². The van der Waals surface area contributed by atoms with Crippen molar-refractivity contribution in [3.05, 3.63) is 59.7 Å². The summed E-state index contributed by atoms with van der Waals surface area (Å²) in [6.07, 6.45) is 0. The van der Waals surface area contributed by atoms with Gasteiger partial charge >= 0.3 is 17.8 Å². The van der Waals surface area contributed by atoms with Crippen LogP contribution in [0.3, 0.4) is 0 Å². The van der Waals surface area contributed by atoms with Gasteiger partial charge in [0.15, 0.2) is 0 Å². The van der Waals surface area contributed by atoms with E-state index in [4.69, 9.17) is 9.15 Å². The molecule has 4 rings (SSSR count). The Morgan fingerprint density at radius 1 is 1.00 bits per heavy atom. The van der Waals surface area contributed by atoms with Crippen LogP contribution in [0.25, 0.3) is 0 Å². The maximum atomic E-state index is 14.4. The fourth-order valence-electron chi connectivity index (χ4n) is 2.90. The van der Waals surface area contributed by atoms with E-state index in [1.807, 2.05) is 4.90 Å². The maximum absolute atomic E-state index is 14.4. The van der Waals surface area contributed by atoms with Gasteiger partial charge in [-0.1, -0.05) is 5.10 Å². The first-order valence-electron chi connectivity index (χ1n) is 8.99. The summed E-state index contributed by atoms with van der Waals surface area (Å²) in [5, 5.41) is 12.1. The third kappa shape index (κ3) is 4.35. The van der Waals surface area contributed by atoms with Crippen molar-refractivity contribution in [2.75, 3.05) is 41.8 Å². The summed E-state index contributed by atoms with van der Waals surface area (Å²) in [6, 6.07) is 6.91. The molecule has 11 heteroatoms. The highest BCUT2D eigenvalue weighted by atomic mass is 19.1. The number of carbonyl (C=O) groups excluding carboxylic acids is 1. The van der Waals surface area contributed by atoms with Gasteiger partial charge in [0.05, 0.1) is 24.6 Å². The van der Waals surface area contributed by atoms with Gasteiger partial charge < -0.3 is 24.7 Å². The Bertz CT molecular complexity index is 1070. The van der Waals surface area contributed by atoms with Gasteiger partial charge in [-0.05, 0) is 30.3 Å². The second-order valence-electron chi connectivity index (χ2n) is 6.38. The largest absolute Gasteiger partial charge is 0.399 e. The van der Waals surface area contributed by atoms with Crippen molar-refractivity contribution in [2.24, 2.45) is 0 Å². The van der Waals surface area contributed by atoms with E-state index in [0.29, 0.717) is 38.1 Å². The van der Waals surface area contributed by atoms with Gasteiger partial charge in [0.1, 0.15) is 17.5 Å². The normalized spacial score (nSPS) is 13.9. The molecule has 0 bridgehead atoms. The molecule has 0 saturated carbocycles. The van der Waals surface area contributed by atoms with Gasteiger partial charge in [0.2, 0.25) is 0 Å². The number of hydrogen-bond acceptors (Lipinski definition) is 7. The lowest BCUT2D eigenvalue weighted by atomic mass is 10.2. The number of anilines is 4. The first kappa shape index (κ1) is 19.7. The number of nitrogens with one attached hydrogen (secondary N) is 2. The predicted octanol–water partition coefficient (Wildman–Crippen LogP) is 3.32. The van der Waals surface area contributed by atoms with Gasteiger partial charge in [-0.15, -0.1) is 5.10 Å². The molecule has 1 saturated heterocycles. The highest BCUT2D eigenvalue weighted by Gasteiger charge is 2.19. The molecule has 1 fully saturated rings. The molecule has 0 unspecified atom stereocenters. The molecule has 30 heavy (non-hydrogen) atoms. The fraction of sp³-hybridized carbons (Fsp3) is 0.211. The van der Waals surface area contributed by atoms with Crippen LogP contribution in [0, 0.1) is 17.5 Å². The molecule has 1 amide bonds. The van der Waals surface area contributed by atoms with Crippen molar-refractivity contribution in [2.45, 2.75) is 0 Å². The van der Waals surface area contributed by atoms with E-state index in [-0.39, 0.29) is 17.4 Å². The number of amides is 1. The van der Waals surface area contributed by atoms with Gasteiger partial charge in [-0.2, -0.15) is 0 Å². The molecule has 8 nitrogen and oxygen atoms in total. The number of ether oxygens (including phenoxy) is 1. The topological polar surface area (TPSA) is 92.5 Å². The Balaban J connectivity index is 1.42. The van der Waals surface area contributed by atoms with Gasteiger partial charge in [0.25, 0.3) is 0 Å². The first-order valence-corrected chi connectivity index (χ1v) is 8.99. The van der Waals surface area contributed by atoms with Crippen molar-refractivity contribution < 1.29 is 27.1 Å². The number of hydrogen-bond donors (Lipinski definition) is 2. The fourth-order valence-corrected chi connectivity index (χ4v) is 2.90. The minimum Gasteiger partial charge on any atom is -0.399 e. The second kappa shape index (κ2) is 8.41. The Hall–Kier alpha value is -3.60. The van der Waals surface area contributed by atoms with Gasteiger partial charge in [-0.3, -0.25) is 4.79 Å². The molecule has 0 radical (unpaired) electrons. The van der Waals surface area contributed by atoms with Gasteiger partial charge in [0, 0.05) is 24.8 Å². The Labute approximate surface area is 168 Å². The molecule has 0 spiro atoms. The predicted molar refractivity (Wildman–Crippen MR) is 101 cm³/mol. The van der Waals surface area contributed by atoms with Crippen LogP contribution in [-0.4, -0.2) is 42.4 Å². The average molecular weight is 419 g/mol. The Morgan fingerprint density at radius 2 is 1.80 bits per heavy atom. The van der Waals surface area contributed by atoms with Crippen LogP contribution in [0.4, 0.5) is 36.2 Å². The molecule has 156 valence electrons. The number of carbonyl (C=O) groups is 1. The molecular formula is C19H16F3N5O3. The number of nitrogens with zero attached hydrogens (tertiary/aromatic N) is 3. The molecule has 1 aromatic heterocycles. The molecule has 2 heterocycles. The number of morpholine rings is 1. The zero-order valence-electron chi connectivity index (χ0n) is 15.5. The SMILES string of the molecule is O=C(Nc1ccc(N2CCOCC2)c(F)c1)c1nnc(Nc2ccc(F)cc2F)o1.